The Hall–Kier alpha value is -1.24. The smallest absolute Gasteiger partial charge is 0.263 e. The highest BCUT2D eigenvalue weighted by atomic mass is 79.9. The number of anilines is 1. The Bertz CT molecular complexity index is 778. The van der Waals surface area contributed by atoms with Gasteiger partial charge in [0, 0.05) is 10.2 Å². The molecule has 0 amide bonds. The van der Waals surface area contributed by atoms with E-state index in [1.807, 2.05) is 6.92 Å². The number of benzene rings is 2. The molecule has 2 rings (SSSR count). The van der Waals surface area contributed by atoms with Crippen molar-refractivity contribution in [3.05, 3.63) is 51.5 Å². The Labute approximate surface area is 137 Å². The van der Waals surface area contributed by atoms with Crippen LogP contribution in [0.4, 0.5) is 5.69 Å². The van der Waals surface area contributed by atoms with Crippen molar-refractivity contribution >= 4 is 43.2 Å². The number of hydrogen-bond acceptors (Lipinski definition) is 3. The van der Waals surface area contributed by atoms with Crippen LogP contribution >= 0.6 is 27.5 Å². The van der Waals surface area contributed by atoms with Crippen LogP contribution in [0.25, 0.3) is 0 Å². The molecule has 0 atom stereocenters. The fourth-order valence-corrected chi connectivity index (χ4v) is 3.93. The van der Waals surface area contributed by atoms with Gasteiger partial charge in [-0.2, -0.15) is 0 Å². The molecule has 0 unspecified atom stereocenters. The topological polar surface area (TPSA) is 55.4 Å². The van der Waals surface area contributed by atoms with E-state index < -0.39 is 10.0 Å². The van der Waals surface area contributed by atoms with Crippen molar-refractivity contribution in [3.63, 3.8) is 0 Å². The van der Waals surface area contributed by atoms with E-state index in [0.29, 0.717) is 15.9 Å². The molecule has 21 heavy (non-hydrogen) atoms. The third kappa shape index (κ3) is 3.70. The molecule has 4 nitrogen and oxygen atoms in total. The zero-order valence-corrected chi connectivity index (χ0v) is 14.5. The summed E-state index contributed by atoms with van der Waals surface area (Å²) in [5, 5.41) is 0.155. The van der Waals surface area contributed by atoms with Crippen molar-refractivity contribution < 1.29 is 13.2 Å². The van der Waals surface area contributed by atoms with Gasteiger partial charge in [-0.1, -0.05) is 27.5 Å². The molecule has 0 spiro atoms. The van der Waals surface area contributed by atoms with E-state index in [2.05, 4.69) is 20.7 Å². The van der Waals surface area contributed by atoms with Gasteiger partial charge in [-0.05, 0) is 48.9 Å². The highest BCUT2D eigenvalue weighted by molar-refractivity contribution is 9.10. The fraction of sp³-hybridized carbons (Fsp3) is 0.143. The zero-order chi connectivity index (χ0) is 15.6. The van der Waals surface area contributed by atoms with Gasteiger partial charge in [0.15, 0.2) is 0 Å². The van der Waals surface area contributed by atoms with E-state index in [4.69, 9.17) is 16.3 Å². The minimum atomic E-state index is -3.74. The molecule has 0 saturated carbocycles. The first kappa shape index (κ1) is 16.1. The normalized spacial score (nSPS) is 11.2. The molecular weight excluding hydrogens is 378 g/mol. The number of methoxy groups -OCH3 is 1. The average molecular weight is 391 g/mol. The number of ether oxygens (including phenoxy) is 1. The molecule has 0 fully saturated rings. The maximum atomic E-state index is 12.4. The number of halogens is 2. The number of sulfonamides is 1. The van der Waals surface area contributed by atoms with Gasteiger partial charge >= 0.3 is 0 Å². The standard InChI is InChI=1S/C14H13BrClNO3S/c1-9-7-11(4-5-13(9)20-2)17-21(18,19)14-6-3-10(15)8-12(14)16/h3-8,17H,1-2H3. The van der Waals surface area contributed by atoms with Crippen LogP contribution in [0.2, 0.25) is 5.02 Å². The Balaban J connectivity index is 2.35. The molecule has 112 valence electrons. The predicted molar refractivity (Wildman–Crippen MR) is 87.7 cm³/mol. The average Bonchev–Trinajstić information content (AvgIpc) is 2.37. The molecule has 0 aliphatic rings. The number of hydrogen-bond donors (Lipinski definition) is 1. The summed E-state index contributed by atoms with van der Waals surface area (Å²) in [6, 6.07) is 9.65. The molecule has 2 aromatic rings. The van der Waals surface area contributed by atoms with Crippen LogP contribution in [-0.2, 0) is 10.0 Å². The SMILES string of the molecule is COc1ccc(NS(=O)(=O)c2ccc(Br)cc2Cl)cc1C. The summed E-state index contributed by atoms with van der Waals surface area (Å²) in [7, 11) is -2.18. The van der Waals surface area contributed by atoms with E-state index in [1.54, 1.807) is 31.4 Å². The monoisotopic (exact) mass is 389 g/mol. The van der Waals surface area contributed by atoms with Crippen LogP contribution in [0.1, 0.15) is 5.56 Å². The first-order valence-corrected chi connectivity index (χ1v) is 8.61. The Morgan fingerprint density at radius 3 is 2.48 bits per heavy atom. The van der Waals surface area contributed by atoms with Crippen molar-refractivity contribution in [2.24, 2.45) is 0 Å². The summed E-state index contributed by atoms with van der Waals surface area (Å²) in [5.74, 6) is 0.694. The van der Waals surface area contributed by atoms with Crippen molar-refractivity contribution in [2.45, 2.75) is 11.8 Å². The molecule has 0 bridgehead atoms. The van der Waals surface area contributed by atoms with Gasteiger partial charge in [0.25, 0.3) is 10.0 Å². The van der Waals surface area contributed by atoms with Crippen molar-refractivity contribution in [1.82, 2.24) is 0 Å². The largest absolute Gasteiger partial charge is 0.496 e. The van der Waals surface area contributed by atoms with Crippen molar-refractivity contribution in [1.29, 1.82) is 0 Å². The summed E-state index contributed by atoms with van der Waals surface area (Å²) < 4.78 is 33.1. The second-order valence-electron chi connectivity index (χ2n) is 4.36. The highest BCUT2D eigenvalue weighted by Gasteiger charge is 2.18. The maximum absolute atomic E-state index is 12.4. The van der Waals surface area contributed by atoms with Crippen LogP contribution in [0.3, 0.4) is 0 Å². The number of aryl methyl sites for hydroxylation is 1. The van der Waals surface area contributed by atoms with Gasteiger partial charge in [-0.3, -0.25) is 4.72 Å². The van der Waals surface area contributed by atoms with Crippen LogP contribution in [0, 0.1) is 6.92 Å². The van der Waals surface area contributed by atoms with Gasteiger partial charge in [0.1, 0.15) is 10.6 Å². The quantitative estimate of drug-likeness (QED) is 0.850. The third-order valence-corrected chi connectivity index (χ3v) is 5.19. The van der Waals surface area contributed by atoms with Gasteiger partial charge in [-0.15, -0.1) is 0 Å². The van der Waals surface area contributed by atoms with Crippen LogP contribution in [-0.4, -0.2) is 15.5 Å². The Kier molecular flexibility index (Phi) is 4.81. The second kappa shape index (κ2) is 6.25. The summed E-state index contributed by atoms with van der Waals surface area (Å²) in [6.45, 7) is 1.84. The summed E-state index contributed by atoms with van der Waals surface area (Å²) in [4.78, 5) is 0.0286. The molecule has 0 aliphatic carbocycles. The molecule has 1 N–H and O–H groups in total. The lowest BCUT2D eigenvalue weighted by atomic mass is 10.2. The Morgan fingerprint density at radius 2 is 1.90 bits per heavy atom. The lowest BCUT2D eigenvalue weighted by Gasteiger charge is -2.11. The Morgan fingerprint density at radius 1 is 1.19 bits per heavy atom. The number of nitrogens with one attached hydrogen (secondary N) is 1. The minimum absolute atomic E-state index is 0.0286. The minimum Gasteiger partial charge on any atom is -0.496 e. The first-order valence-electron chi connectivity index (χ1n) is 5.96. The first-order chi connectivity index (χ1) is 9.83. The van der Waals surface area contributed by atoms with Crippen LogP contribution in [0.15, 0.2) is 45.8 Å². The van der Waals surface area contributed by atoms with Crippen molar-refractivity contribution in [3.8, 4) is 5.75 Å². The molecule has 0 radical (unpaired) electrons. The van der Waals surface area contributed by atoms with E-state index in [-0.39, 0.29) is 9.92 Å². The fourth-order valence-electron chi connectivity index (χ4n) is 1.85. The maximum Gasteiger partial charge on any atom is 0.263 e. The van der Waals surface area contributed by atoms with Crippen LogP contribution < -0.4 is 9.46 Å². The van der Waals surface area contributed by atoms with Gasteiger partial charge in [-0.25, -0.2) is 8.42 Å². The highest BCUT2D eigenvalue weighted by Crippen LogP contribution is 2.28. The zero-order valence-electron chi connectivity index (χ0n) is 11.4. The predicted octanol–water partition coefficient (Wildman–Crippen LogP) is 4.22. The van der Waals surface area contributed by atoms with E-state index in [9.17, 15) is 8.42 Å². The molecule has 0 saturated heterocycles. The van der Waals surface area contributed by atoms with E-state index >= 15 is 0 Å². The summed E-state index contributed by atoms with van der Waals surface area (Å²) >= 11 is 9.23. The van der Waals surface area contributed by atoms with E-state index in [0.717, 1.165) is 5.56 Å². The van der Waals surface area contributed by atoms with Gasteiger partial charge < -0.3 is 4.74 Å². The summed E-state index contributed by atoms with van der Waals surface area (Å²) in [5.41, 5.74) is 1.28. The molecule has 7 heteroatoms. The lowest BCUT2D eigenvalue weighted by Crippen LogP contribution is -2.13. The molecule has 0 heterocycles. The van der Waals surface area contributed by atoms with E-state index in [1.165, 1.54) is 12.1 Å². The molecule has 0 aliphatic heterocycles. The molecule has 2 aromatic carbocycles. The molecular formula is C14H13BrClNO3S. The van der Waals surface area contributed by atoms with Crippen LogP contribution in [0.5, 0.6) is 5.75 Å². The molecule has 0 aromatic heterocycles. The third-order valence-electron chi connectivity index (χ3n) is 2.83. The number of rotatable bonds is 4. The summed E-state index contributed by atoms with van der Waals surface area (Å²) in [6.07, 6.45) is 0. The lowest BCUT2D eigenvalue weighted by molar-refractivity contribution is 0.412. The van der Waals surface area contributed by atoms with Gasteiger partial charge in [0.05, 0.1) is 12.1 Å². The van der Waals surface area contributed by atoms with Gasteiger partial charge in [0.2, 0.25) is 0 Å². The van der Waals surface area contributed by atoms with Crippen molar-refractivity contribution in [2.75, 3.05) is 11.8 Å². The second-order valence-corrected chi connectivity index (χ2v) is 7.34.